The molecule has 0 unspecified atom stereocenters. The summed E-state index contributed by atoms with van der Waals surface area (Å²) in [5, 5.41) is 2.88. The number of nitrogens with one attached hydrogen (secondary N) is 1. The van der Waals surface area contributed by atoms with E-state index in [2.05, 4.69) is 12.2 Å². The Morgan fingerprint density at radius 1 is 1.00 bits per heavy atom. The molecule has 0 aliphatic rings. The van der Waals surface area contributed by atoms with Gasteiger partial charge in [0.25, 0.3) is 5.91 Å². The van der Waals surface area contributed by atoms with Crippen LogP contribution in [0.25, 0.3) is 0 Å². The van der Waals surface area contributed by atoms with Crippen molar-refractivity contribution in [2.75, 3.05) is 20.3 Å². The summed E-state index contributed by atoms with van der Waals surface area (Å²) in [6.07, 6.45) is 1.81. The van der Waals surface area contributed by atoms with Crippen molar-refractivity contribution in [3.8, 4) is 11.5 Å². The molecule has 0 aliphatic heterocycles. The van der Waals surface area contributed by atoms with Gasteiger partial charge in [0.15, 0.2) is 6.61 Å². The highest BCUT2D eigenvalue weighted by molar-refractivity contribution is 5.77. The van der Waals surface area contributed by atoms with Crippen LogP contribution in [-0.4, -0.2) is 26.2 Å². The second kappa shape index (κ2) is 8.96. The smallest absolute Gasteiger partial charge is 0.257 e. The van der Waals surface area contributed by atoms with E-state index in [4.69, 9.17) is 9.47 Å². The van der Waals surface area contributed by atoms with Gasteiger partial charge in [0, 0.05) is 6.54 Å². The van der Waals surface area contributed by atoms with E-state index in [-0.39, 0.29) is 12.5 Å². The third kappa shape index (κ3) is 5.61. The minimum absolute atomic E-state index is 0.0467. The van der Waals surface area contributed by atoms with Crippen LogP contribution in [0, 0.1) is 13.8 Å². The van der Waals surface area contributed by atoms with Gasteiger partial charge in [0.05, 0.1) is 7.11 Å². The quantitative estimate of drug-likeness (QED) is 0.756. The van der Waals surface area contributed by atoms with Crippen molar-refractivity contribution >= 4 is 5.91 Å². The van der Waals surface area contributed by atoms with Crippen LogP contribution in [0.15, 0.2) is 42.5 Å². The second-order valence-corrected chi connectivity index (χ2v) is 5.84. The lowest BCUT2D eigenvalue weighted by Gasteiger charge is -2.09. The maximum absolute atomic E-state index is 11.8. The van der Waals surface area contributed by atoms with Gasteiger partial charge >= 0.3 is 0 Å². The van der Waals surface area contributed by atoms with Crippen molar-refractivity contribution in [1.29, 1.82) is 0 Å². The normalized spacial score (nSPS) is 10.3. The molecule has 1 N–H and O–H groups in total. The lowest BCUT2D eigenvalue weighted by molar-refractivity contribution is -0.123. The molecular formula is C20H25NO3. The first-order valence-corrected chi connectivity index (χ1v) is 8.18. The van der Waals surface area contributed by atoms with E-state index in [1.165, 1.54) is 11.1 Å². The van der Waals surface area contributed by atoms with Crippen molar-refractivity contribution in [2.45, 2.75) is 26.7 Å². The molecule has 0 spiro atoms. The van der Waals surface area contributed by atoms with Crippen LogP contribution in [0.5, 0.6) is 11.5 Å². The van der Waals surface area contributed by atoms with Crippen molar-refractivity contribution in [1.82, 2.24) is 5.32 Å². The number of carbonyl (C=O) groups excluding carboxylic acids is 1. The summed E-state index contributed by atoms with van der Waals surface area (Å²) in [4.78, 5) is 11.8. The third-order valence-electron chi connectivity index (χ3n) is 3.97. The monoisotopic (exact) mass is 327 g/mol. The number of benzene rings is 2. The molecule has 4 heteroatoms. The summed E-state index contributed by atoms with van der Waals surface area (Å²) in [5.74, 6) is 1.49. The SMILES string of the molecule is COc1ccc(CCCNC(=O)COc2ccc(C)c(C)c2)cc1. The van der Waals surface area contributed by atoms with E-state index in [1.54, 1.807) is 7.11 Å². The molecule has 2 aromatic rings. The first-order valence-electron chi connectivity index (χ1n) is 8.18. The molecule has 24 heavy (non-hydrogen) atoms. The Kier molecular flexibility index (Phi) is 6.67. The maximum atomic E-state index is 11.8. The van der Waals surface area contributed by atoms with Crippen LogP contribution in [0.4, 0.5) is 0 Å². The zero-order valence-electron chi connectivity index (χ0n) is 14.6. The molecule has 0 atom stereocenters. The van der Waals surface area contributed by atoms with Gasteiger partial charge in [-0.3, -0.25) is 4.79 Å². The Morgan fingerprint density at radius 3 is 2.38 bits per heavy atom. The van der Waals surface area contributed by atoms with Crippen LogP contribution in [0.1, 0.15) is 23.1 Å². The summed E-state index contributed by atoms with van der Waals surface area (Å²) in [7, 11) is 1.66. The molecule has 2 rings (SSSR count). The Bertz CT molecular complexity index is 665. The minimum atomic E-state index is -0.0945. The topological polar surface area (TPSA) is 47.6 Å². The van der Waals surface area contributed by atoms with E-state index in [0.717, 1.165) is 29.9 Å². The van der Waals surface area contributed by atoms with Gasteiger partial charge in [-0.15, -0.1) is 0 Å². The molecule has 128 valence electrons. The predicted molar refractivity (Wildman–Crippen MR) is 95.7 cm³/mol. The zero-order chi connectivity index (χ0) is 17.4. The van der Waals surface area contributed by atoms with Crippen molar-refractivity contribution in [2.24, 2.45) is 0 Å². The summed E-state index contributed by atoms with van der Waals surface area (Å²) < 4.78 is 10.7. The van der Waals surface area contributed by atoms with Gasteiger partial charge in [-0.2, -0.15) is 0 Å². The highest BCUT2D eigenvalue weighted by Crippen LogP contribution is 2.16. The number of methoxy groups -OCH3 is 1. The van der Waals surface area contributed by atoms with Crippen LogP contribution in [0.3, 0.4) is 0 Å². The number of carbonyl (C=O) groups is 1. The lowest BCUT2D eigenvalue weighted by atomic mass is 10.1. The number of hydrogen-bond donors (Lipinski definition) is 1. The fraction of sp³-hybridized carbons (Fsp3) is 0.350. The molecule has 0 heterocycles. The summed E-state index contributed by atoms with van der Waals surface area (Å²) in [6, 6.07) is 13.8. The van der Waals surface area contributed by atoms with Crippen molar-refractivity contribution < 1.29 is 14.3 Å². The number of amides is 1. The van der Waals surface area contributed by atoms with E-state index in [9.17, 15) is 4.79 Å². The number of aryl methyl sites for hydroxylation is 3. The Morgan fingerprint density at radius 2 is 1.71 bits per heavy atom. The molecule has 0 aliphatic carbocycles. The van der Waals surface area contributed by atoms with Gasteiger partial charge in [-0.25, -0.2) is 0 Å². The van der Waals surface area contributed by atoms with Gasteiger partial charge in [0.1, 0.15) is 11.5 Å². The highest BCUT2D eigenvalue weighted by atomic mass is 16.5. The van der Waals surface area contributed by atoms with Gasteiger partial charge in [-0.1, -0.05) is 18.2 Å². The largest absolute Gasteiger partial charge is 0.497 e. The zero-order valence-corrected chi connectivity index (χ0v) is 14.6. The van der Waals surface area contributed by atoms with Gasteiger partial charge in [-0.05, 0) is 67.6 Å². The lowest BCUT2D eigenvalue weighted by Crippen LogP contribution is -2.29. The number of hydrogen-bond acceptors (Lipinski definition) is 3. The van der Waals surface area contributed by atoms with E-state index in [1.807, 2.05) is 49.4 Å². The number of ether oxygens (including phenoxy) is 2. The van der Waals surface area contributed by atoms with Gasteiger partial charge in [0.2, 0.25) is 0 Å². The average molecular weight is 327 g/mol. The molecule has 4 nitrogen and oxygen atoms in total. The van der Waals surface area contributed by atoms with Gasteiger partial charge < -0.3 is 14.8 Å². The molecule has 2 aromatic carbocycles. The van der Waals surface area contributed by atoms with Crippen molar-refractivity contribution in [3.05, 3.63) is 59.2 Å². The molecule has 0 bridgehead atoms. The minimum Gasteiger partial charge on any atom is -0.497 e. The average Bonchev–Trinajstić information content (AvgIpc) is 2.60. The highest BCUT2D eigenvalue weighted by Gasteiger charge is 2.03. The first kappa shape index (κ1) is 17.9. The Labute approximate surface area is 143 Å². The fourth-order valence-electron chi connectivity index (χ4n) is 2.32. The number of rotatable bonds is 8. The third-order valence-corrected chi connectivity index (χ3v) is 3.97. The second-order valence-electron chi connectivity index (χ2n) is 5.84. The van der Waals surface area contributed by atoms with E-state index < -0.39 is 0 Å². The first-order chi connectivity index (χ1) is 11.6. The fourth-order valence-corrected chi connectivity index (χ4v) is 2.32. The molecular weight excluding hydrogens is 302 g/mol. The summed E-state index contributed by atoms with van der Waals surface area (Å²) in [5.41, 5.74) is 3.61. The Hall–Kier alpha value is -2.49. The molecule has 0 fully saturated rings. The van der Waals surface area contributed by atoms with Crippen LogP contribution in [0.2, 0.25) is 0 Å². The molecule has 0 radical (unpaired) electrons. The molecule has 0 saturated carbocycles. The summed E-state index contributed by atoms with van der Waals surface area (Å²) in [6.45, 7) is 4.77. The van der Waals surface area contributed by atoms with Crippen LogP contribution in [-0.2, 0) is 11.2 Å². The van der Waals surface area contributed by atoms with Crippen LogP contribution >= 0.6 is 0 Å². The standard InChI is InChI=1S/C20H25NO3/c1-15-6-9-19(13-16(15)2)24-14-20(22)21-12-4-5-17-7-10-18(23-3)11-8-17/h6-11,13H,4-5,12,14H2,1-3H3,(H,21,22). The van der Waals surface area contributed by atoms with E-state index in [0.29, 0.717) is 6.54 Å². The molecule has 0 aromatic heterocycles. The Balaban J connectivity index is 1.64. The summed E-state index contributed by atoms with van der Waals surface area (Å²) >= 11 is 0. The maximum Gasteiger partial charge on any atom is 0.257 e. The van der Waals surface area contributed by atoms with E-state index >= 15 is 0 Å². The van der Waals surface area contributed by atoms with Crippen molar-refractivity contribution in [3.63, 3.8) is 0 Å². The predicted octanol–water partition coefficient (Wildman–Crippen LogP) is 3.44. The van der Waals surface area contributed by atoms with Crippen LogP contribution < -0.4 is 14.8 Å². The molecule has 0 saturated heterocycles. The molecule has 1 amide bonds.